The molecule has 0 unspecified atom stereocenters. The second-order valence-electron chi connectivity index (χ2n) is 4.91. The van der Waals surface area contributed by atoms with Crippen molar-refractivity contribution in [3.63, 3.8) is 0 Å². The van der Waals surface area contributed by atoms with Crippen LogP contribution in [0.3, 0.4) is 0 Å². The maximum atomic E-state index is 12.4. The van der Waals surface area contributed by atoms with E-state index in [4.69, 9.17) is 5.73 Å². The number of nitrogens with two attached hydrogens (primary N) is 1. The van der Waals surface area contributed by atoms with Gasteiger partial charge in [-0.3, -0.25) is 9.59 Å². The second-order valence-corrected chi connectivity index (χ2v) is 4.91. The Morgan fingerprint density at radius 2 is 1.95 bits per heavy atom. The number of primary amides is 1. The molecule has 100 valence electrons. The Hall–Kier alpha value is -2.10. The zero-order valence-corrected chi connectivity index (χ0v) is 10.8. The molecule has 0 saturated heterocycles. The Bertz CT molecular complexity index is 492. The van der Waals surface area contributed by atoms with Gasteiger partial charge in [-0.15, -0.1) is 6.58 Å². The van der Waals surface area contributed by atoms with E-state index in [1.165, 1.54) is 0 Å². The molecule has 2 N–H and O–H groups in total. The minimum absolute atomic E-state index is 0.177. The molecule has 2 rings (SSSR count). The molecule has 0 bridgehead atoms. The number of amides is 2. The molecule has 1 aromatic carbocycles. The number of hydrogen-bond acceptors (Lipinski definition) is 2. The predicted molar refractivity (Wildman–Crippen MR) is 72.9 cm³/mol. The molecule has 1 aromatic rings. The van der Waals surface area contributed by atoms with Crippen LogP contribution in [0.2, 0.25) is 0 Å². The molecular weight excluding hydrogens is 240 g/mol. The lowest BCUT2D eigenvalue weighted by atomic mass is 10.0. The molecule has 0 atom stereocenters. The van der Waals surface area contributed by atoms with Crippen molar-refractivity contribution in [2.24, 2.45) is 11.1 Å². The van der Waals surface area contributed by atoms with Crippen molar-refractivity contribution < 1.29 is 9.59 Å². The van der Waals surface area contributed by atoms with Crippen molar-refractivity contribution in [1.29, 1.82) is 0 Å². The van der Waals surface area contributed by atoms with E-state index in [-0.39, 0.29) is 5.91 Å². The number of carbonyl (C=O) groups is 2. The molecule has 0 heterocycles. The lowest BCUT2D eigenvalue weighted by Crippen LogP contribution is -2.43. The van der Waals surface area contributed by atoms with Gasteiger partial charge < -0.3 is 10.6 Å². The summed E-state index contributed by atoms with van der Waals surface area (Å²) >= 11 is 0. The van der Waals surface area contributed by atoms with Crippen LogP contribution in [-0.2, 0) is 16.1 Å². The minimum Gasteiger partial charge on any atom is -0.369 e. The van der Waals surface area contributed by atoms with E-state index in [9.17, 15) is 9.59 Å². The summed E-state index contributed by atoms with van der Waals surface area (Å²) in [6, 6.07) is 9.68. The van der Waals surface area contributed by atoms with Crippen LogP contribution in [0.25, 0.3) is 0 Å². The van der Waals surface area contributed by atoms with Crippen molar-refractivity contribution in [3.05, 3.63) is 48.6 Å². The summed E-state index contributed by atoms with van der Waals surface area (Å²) in [6.45, 7) is 4.55. The zero-order valence-electron chi connectivity index (χ0n) is 10.8. The highest BCUT2D eigenvalue weighted by Gasteiger charge is 2.56. The fourth-order valence-corrected chi connectivity index (χ4v) is 2.17. The van der Waals surface area contributed by atoms with Crippen LogP contribution in [0.1, 0.15) is 18.4 Å². The summed E-state index contributed by atoms with van der Waals surface area (Å²) in [5.74, 6) is -0.691. The normalized spacial score (nSPS) is 15.6. The Morgan fingerprint density at radius 1 is 1.32 bits per heavy atom. The molecule has 0 spiro atoms. The molecule has 0 aliphatic heterocycles. The van der Waals surface area contributed by atoms with Crippen molar-refractivity contribution in [2.75, 3.05) is 6.54 Å². The fraction of sp³-hybridized carbons (Fsp3) is 0.333. The van der Waals surface area contributed by atoms with Gasteiger partial charge in [-0.05, 0) is 18.4 Å². The highest BCUT2D eigenvalue weighted by atomic mass is 16.2. The van der Waals surface area contributed by atoms with E-state index >= 15 is 0 Å². The van der Waals surface area contributed by atoms with Crippen LogP contribution < -0.4 is 5.73 Å². The summed E-state index contributed by atoms with van der Waals surface area (Å²) in [5, 5.41) is 0. The third-order valence-electron chi connectivity index (χ3n) is 3.48. The standard InChI is InChI=1S/C15H18N2O2/c1-2-10-17(11-12-6-4-3-5-7-12)14(19)15(8-9-15)13(16)18/h2-7H,1,8-11H2,(H2,16,18). The van der Waals surface area contributed by atoms with Crippen molar-refractivity contribution >= 4 is 11.8 Å². The van der Waals surface area contributed by atoms with Gasteiger partial charge in [0.05, 0.1) is 0 Å². The molecule has 4 heteroatoms. The highest BCUT2D eigenvalue weighted by Crippen LogP contribution is 2.47. The summed E-state index contributed by atoms with van der Waals surface area (Å²) in [4.78, 5) is 25.5. The Balaban J connectivity index is 2.14. The molecule has 1 fully saturated rings. The number of carbonyl (C=O) groups excluding carboxylic acids is 2. The third kappa shape index (κ3) is 2.67. The second kappa shape index (κ2) is 5.26. The van der Waals surface area contributed by atoms with Gasteiger partial charge in [0.2, 0.25) is 11.8 Å². The van der Waals surface area contributed by atoms with Gasteiger partial charge in [-0.25, -0.2) is 0 Å². The monoisotopic (exact) mass is 258 g/mol. The Labute approximate surface area is 112 Å². The summed E-state index contributed by atoms with van der Waals surface area (Å²) < 4.78 is 0. The molecule has 1 saturated carbocycles. The number of nitrogens with zero attached hydrogens (tertiary/aromatic N) is 1. The van der Waals surface area contributed by atoms with Gasteiger partial charge in [-0.2, -0.15) is 0 Å². The van der Waals surface area contributed by atoms with E-state index in [0.29, 0.717) is 25.9 Å². The number of rotatable bonds is 6. The molecule has 19 heavy (non-hydrogen) atoms. The first-order valence-corrected chi connectivity index (χ1v) is 6.34. The van der Waals surface area contributed by atoms with Gasteiger partial charge in [0.15, 0.2) is 0 Å². The summed E-state index contributed by atoms with van der Waals surface area (Å²) in [6.07, 6.45) is 2.78. The molecule has 1 aliphatic carbocycles. The van der Waals surface area contributed by atoms with Crippen LogP contribution in [0, 0.1) is 5.41 Å². The largest absolute Gasteiger partial charge is 0.369 e. The lowest BCUT2D eigenvalue weighted by Gasteiger charge is -2.25. The minimum atomic E-state index is -0.961. The lowest BCUT2D eigenvalue weighted by molar-refractivity contribution is -0.143. The van der Waals surface area contributed by atoms with E-state index in [1.807, 2.05) is 30.3 Å². The van der Waals surface area contributed by atoms with Crippen LogP contribution in [0.15, 0.2) is 43.0 Å². The van der Waals surface area contributed by atoms with Crippen LogP contribution in [-0.4, -0.2) is 23.3 Å². The molecule has 0 radical (unpaired) electrons. The van der Waals surface area contributed by atoms with Crippen LogP contribution >= 0.6 is 0 Å². The first-order chi connectivity index (χ1) is 9.10. The van der Waals surface area contributed by atoms with Gasteiger partial charge in [0.1, 0.15) is 5.41 Å². The maximum Gasteiger partial charge on any atom is 0.238 e. The molecule has 4 nitrogen and oxygen atoms in total. The number of hydrogen-bond donors (Lipinski definition) is 1. The predicted octanol–water partition coefficient (Wildman–Crippen LogP) is 1.47. The first kappa shape index (κ1) is 13.3. The third-order valence-corrected chi connectivity index (χ3v) is 3.48. The zero-order chi connectivity index (χ0) is 13.9. The molecule has 1 aliphatic rings. The molecule has 0 aromatic heterocycles. The summed E-state index contributed by atoms with van der Waals surface area (Å²) in [5.41, 5.74) is 5.41. The van der Waals surface area contributed by atoms with E-state index in [1.54, 1.807) is 11.0 Å². The molecular formula is C15H18N2O2. The maximum absolute atomic E-state index is 12.4. The quantitative estimate of drug-likeness (QED) is 0.620. The summed E-state index contributed by atoms with van der Waals surface area (Å²) in [7, 11) is 0. The van der Waals surface area contributed by atoms with Crippen molar-refractivity contribution in [3.8, 4) is 0 Å². The average Bonchev–Trinajstić information content (AvgIpc) is 3.20. The van der Waals surface area contributed by atoms with Gasteiger partial charge in [-0.1, -0.05) is 36.4 Å². The Morgan fingerprint density at radius 3 is 2.42 bits per heavy atom. The first-order valence-electron chi connectivity index (χ1n) is 6.34. The van der Waals surface area contributed by atoms with Crippen molar-refractivity contribution in [1.82, 2.24) is 4.90 Å². The topological polar surface area (TPSA) is 63.4 Å². The smallest absolute Gasteiger partial charge is 0.238 e. The fourth-order valence-electron chi connectivity index (χ4n) is 2.17. The van der Waals surface area contributed by atoms with E-state index in [2.05, 4.69) is 6.58 Å². The van der Waals surface area contributed by atoms with Crippen LogP contribution in [0.4, 0.5) is 0 Å². The van der Waals surface area contributed by atoms with Crippen molar-refractivity contribution in [2.45, 2.75) is 19.4 Å². The Kier molecular flexibility index (Phi) is 3.69. The molecule has 2 amide bonds. The number of benzene rings is 1. The van der Waals surface area contributed by atoms with E-state index in [0.717, 1.165) is 5.56 Å². The van der Waals surface area contributed by atoms with Gasteiger partial charge >= 0.3 is 0 Å². The van der Waals surface area contributed by atoms with Crippen LogP contribution in [0.5, 0.6) is 0 Å². The van der Waals surface area contributed by atoms with Gasteiger partial charge in [0.25, 0.3) is 0 Å². The highest BCUT2D eigenvalue weighted by molar-refractivity contribution is 6.07. The average molecular weight is 258 g/mol. The van der Waals surface area contributed by atoms with E-state index < -0.39 is 11.3 Å². The SMILES string of the molecule is C=CCN(Cc1ccccc1)C(=O)C1(C(N)=O)CC1. The van der Waals surface area contributed by atoms with Gasteiger partial charge in [0, 0.05) is 13.1 Å².